The van der Waals surface area contributed by atoms with Gasteiger partial charge in [0.1, 0.15) is 17.1 Å². The van der Waals surface area contributed by atoms with Crippen LogP contribution in [-0.4, -0.2) is 19.6 Å². The Morgan fingerprint density at radius 2 is 2.00 bits per heavy atom. The Kier molecular flexibility index (Phi) is 5.20. The SMILES string of the molecule is COc1cc(Cl)c(C)cc1NC(=O)COc1ccc2c3c(c(=O)oc2c1)CCC3. The van der Waals surface area contributed by atoms with Crippen molar-refractivity contribution in [3.63, 3.8) is 0 Å². The van der Waals surface area contributed by atoms with Crippen LogP contribution in [0, 0.1) is 6.92 Å². The molecule has 1 amide bonds. The standard InChI is InChI=1S/C22H20ClNO5/c1-12-8-18(20(27-2)10-17(12)23)24-21(25)11-28-13-6-7-15-14-4-3-5-16(14)22(26)29-19(15)9-13/h6-10H,3-5,11H2,1-2H3,(H,24,25). The number of amides is 1. The van der Waals surface area contributed by atoms with E-state index in [2.05, 4.69) is 5.32 Å². The molecule has 0 bridgehead atoms. The van der Waals surface area contributed by atoms with Gasteiger partial charge in [0.2, 0.25) is 0 Å². The van der Waals surface area contributed by atoms with Crippen molar-refractivity contribution in [1.82, 2.24) is 0 Å². The maximum absolute atomic E-state index is 12.3. The van der Waals surface area contributed by atoms with Gasteiger partial charge in [-0.1, -0.05) is 11.6 Å². The number of fused-ring (bicyclic) bond motifs is 3. The number of aryl methyl sites for hydroxylation is 2. The molecular weight excluding hydrogens is 394 g/mol. The molecule has 0 unspecified atom stereocenters. The zero-order valence-corrected chi connectivity index (χ0v) is 16.9. The summed E-state index contributed by atoms with van der Waals surface area (Å²) in [7, 11) is 1.51. The highest BCUT2D eigenvalue weighted by Crippen LogP contribution is 2.31. The largest absolute Gasteiger partial charge is 0.495 e. The number of benzene rings is 2. The van der Waals surface area contributed by atoms with E-state index in [4.69, 9.17) is 25.5 Å². The summed E-state index contributed by atoms with van der Waals surface area (Å²) in [4.78, 5) is 24.4. The fourth-order valence-corrected chi connectivity index (χ4v) is 3.77. The van der Waals surface area contributed by atoms with Crippen LogP contribution in [0.5, 0.6) is 11.5 Å². The normalized spacial score (nSPS) is 12.7. The summed E-state index contributed by atoms with van der Waals surface area (Å²) < 4.78 is 16.3. The van der Waals surface area contributed by atoms with Gasteiger partial charge in [0.15, 0.2) is 6.61 Å². The molecule has 1 aromatic heterocycles. The molecule has 0 fully saturated rings. The molecule has 1 heterocycles. The number of hydrogen-bond acceptors (Lipinski definition) is 5. The minimum atomic E-state index is -0.347. The van der Waals surface area contributed by atoms with E-state index in [1.807, 2.05) is 13.0 Å². The first-order chi connectivity index (χ1) is 14.0. The Morgan fingerprint density at radius 1 is 1.21 bits per heavy atom. The van der Waals surface area contributed by atoms with Gasteiger partial charge in [-0.05, 0) is 55.5 Å². The highest BCUT2D eigenvalue weighted by atomic mass is 35.5. The first-order valence-corrected chi connectivity index (χ1v) is 9.69. The van der Waals surface area contributed by atoms with Gasteiger partial charge in [0.25, 0.3) is 5.91 Å². The first-order valence-electron chi connectivity index (χ1n) is 9.31. The van der Waals surface area contributed by atoms with Crippen molar-refractivity contribution in [2.75, 3.05) is 19.0 Å². The Balaban J connectivity index is 1.49. The summed E-state index contributed by atoms with van der Waals surface area (Å²) in [6.45, 7) is 1.64. The molecule has 0 spiro atoms. The highest BCUT2D eigenvalue weighted by Gasteiger charge is 2.20. The van der Waals surface area contributed by atoms with Crippen LogP contribution in [0.1, 0.15) is 23.1 Å². The Hall–Kier alpha value is -2.99. The molecule has 6 nitrogen and oxygen atoms in total. The smallest absolute Gasteiger partial charge is 0.339 e. The van der Waals surface area contributed by atoms with E-state index in [0.29, 0.717) is 27.8 Å². The third-order valence-corrected chi connectivity index (χ3v) is 5.48. The van der Waals surface area contributed by atoms with Crippen molar-refractivity contribution in [2.24, 2.45) is 0 Å². The average Bonchev–Trinajstić information content (AvgIpc) is 3.19. The summed E-state index contributed by atoms with van der Waals surface area (Å²) >= 11 is 6.09. The van der Waals surface area contributed by atoms with Gasteiger partial charge in [-0.2, -0.15) is 0 Å². The third-order valence-electron chi connectivity index (χ3n) is 5.07. The van der Waals surface area contributed by atoms with Crippen LogP contribution in [0.4, 0.5) is 5.69 Å². The second-order valence-corrected chi connectivity index (χ2v) is 7.40. The van der Waals surface area contributed by atoms with Gasteiger partial charge >= 0.3 is 5.63 Å². The fourth-order valence-electron chi connectivity index (χ4n) is 3.62. The number of anilines is 1. The Bertz CT molecular complexity index is 1170. The maximum Gasteiger partial charge on any atom is 0.339 e. The van der Waals surface area contributed by atoms with E-state index in [1.165, 1.54) is 7.11 Å². The van der Waals surface area contributed by atoms with Gasteiger partial charge in [-0.3, -0.25) is 4.79 Å². The van der Waals surface area contributed by atoms with Crippen molar-refractivity contribution in [3.05, 3.63) is 62.5 Å². The van der Waals surface area contributed by atoms with Crippen LogP contribution in [0.2, 0.25) is 5.02 Å². The minimum absolute atomic E-state index is 0.203. The Labute approximate surface area is 172 Å². The molecule has 0 saturated heterocycles. The zero-order valence-electron chi connectivity index (χ0n) is 16.1. The summed E-state index contributed by atoms with van der Waals surface area (Å²) in [5.41, 5.74) is 3.36. The topological polar surface area (TPSA) is 77.8 Å². The minimum Gasteiger partial charge on any atom is -0.495 e. The molecule has 0 atom stereocenters. The van der Waals surface area contributed by atoms with Crippen molar-refractivity contribution in [2.45, 2.75) is 26.2 Å². The molecule has 2 aromatic carbocycles. The number of nitrogens with one attached hydrogen (secondary N) is 1. The van der Waals surface area contributed by atoms with Crippen LogP contribution < -0.4 is 20.4 Å². The van der Waals surface area contributed by atoms with E-state index >= 15 is 0 Å². The number of halogens is 1. The molecule has 3 aromatic rings. The average molecular weight is 414 g/mol. The lowest BCUT2D eigenvalue weighted by Gasteiger charge is -2.13. The zero-order chi connectivity index (χ0) is 20.5. The van der Waals surface area contributed by atoms with E-state index < -0.39 is 0 Å². The number of carbonyl (C=O) groups is 1. The van der Waals surface area contributed by atoms with Crippen molar-refractivity contribution < 1.29 is 18.7 Å². The van der Waals surface area contributed by atoms with Crippen molar-refractivity contribution >= 4 is 34.2 Å². The van der Waals surface area contributed by atoms with Gasteiger partial charge in [0, 0.05) is 28.1 Å². The fraction of sp³-hybridized carbons (Fsp3) is 0.273. The molecule has 29 heavy (non-hydrogen) atoms. The maximum atomic E-state index is 12.3. The molecular formula is C22H20ClNO5. The molecule has 4 rings (SSSR count). The van der Waals surface area contributed by atoms with E-state index in [1.54, 1.807) is 24.3 Å². The number of methoxy groups -OCH3 is 1. The van der Waals surface area contributed by atoms with Crippen LogP contribution in [0.15, 0.2) is 39.5 Å². The number of carbonyl (C=O) groups excluding carboxylic acids is 1. The first kappa shape index (κ1) is 19.3. The van der Waals surface area contributed by atoms with Crippen molar-refractivity contribution in [1.29, 1.82) is 0 Å². The van der Waals surface area contributed by atoms with E-state index in [9.17, 15) is 9.59 Å². The lowest BCUT2D eigenvalue weighted by atomic mass is 10.1. The molecule has 0 saturated carbocycles. The van der Waals surface area contributed by atoms with Gasteiger partial charge in [-0.15, -0.1) is 0 Å². The molecule has 1 aliphatic rings. The van der Waals surface area contributed by atoms with Crippen LogP contribution in [0.3, 0.4) is 0 Å². The Morgan fingerprint density at radius 3 is 2.79 bits per heavy atom. The third kappa shape index (κ3) is 3.80. The summed E-state index contributed by atoms with van der Waals surface area (Å²) in [6.07, 6.45) is 2.60. The quantitative estimate of drug-likeness (QED) is 0.632. The van der Waals surface area contributed by atoms with Crippen LogP contribution in [-0.2, 0) is 17.6 Å². The van der Waals surface area contributed by atoms with Crippen LogP contribution in [0.25, 0.3) is 11.0 Å². The van der Waals surface area contributed by atoms with Crippen molar-refractivity contribution in [3.8, 4) is 11.5 Å². The molecule has 0 radical (unpaired) electrons. The summed E-state index contributed by atoms with van der Waals surface area (Å²) in [5, 5.41) is 4.24. The molecule has 150 valence electrons. The number of hydrogen-bond donors (Lipinski definition) is 1. The van der Waals surface area contributed by atoms with Gasteiger partial charge in [0.05, 0.1) is 12.8 Å². The molecule has 1 aliphatic carbocycles. The van der Waals surface area contributed by atoms with E-state index in [-0.39, 0.29) is 18.1 Å². The summed E-state index contributed by atoms with van der Waals surface area (Å²) in [5.74, 6) is 0.573. The highest BCUT2D eigenvalue weighted by molar-refractivity contribution is 6.31. The molecule has 1 N–H and O–H groups in total. The summed E-state index contributed by atoms with van der Waals surface area (Å²) in [6, 6.07) is 8.69. The lowest BCUT2D eigenvalue weighted by Crippen LogP contribution is -2.20. The van der Waals surface area contributed by atoms with Crippen LogP contribution >= 0.6 is 11.6 Å². The van der Waals surface area contributed by atoms with Gasteiger partial charge < -0.3 is 19.2 Å². The second kappa shape index (κ2) is 7.79. The van der Waals surface area contributed by atoms with E-state index in [0.717, 1.165) is 41.3 Å². The van der Waals surface area contributed by atoms with Gasteiger partial charge in [-0.25, -0.2) is 4.79 Å². The number of rotatable bonds is 5. The molecule has 0 aliphatic heterocycles. The predicted molar refractivity (Wildman–Crippen MR) is 111 cm³/mol. The number of ether oxygens (including phenoxy) is 2. The lowest BCUT2D eigenvalue weighted by molar-refractivity contribution is -0.118. The predicted octanol–water partition coefficient (Wildman–Crippen LogP) is 4.27. The second-order valence-electron chi connectivity index (χ2n) is 7.00. The monoisotopic (exact) mass is 413 g/mol. The molecule has 7 heteroatoms.